The number of carbonyl (C=O) groups is 3. The number of carbonyl (C=O) groups excluding carboxylic acids is 3. The molecule has 0 unspecified atom stereocenters. The molecule has 0 atom stereocenters. The highest BCUT2D eigenvalue weighted by atomic mass is 16.5. The number of allylic oxidation sites excluding steroid dienone is 2. The third-order valence-corrected chi connectivity index (χ3v) is 6.30. The van der Waals surface area contributed by atoms with E-state index in [4.69, 9.17) is 23.7 Å². The van der Waals surface area contributed by atoms with Crippen LogP contribution in [0.2, 0.25) is 0 Å². The van der Waals surface area contributed by atoms with Crippen LogP contribution in [0.3, 0.4) is 0 Å². The van der Waals surface area contributed by atoms with E-state index in [1.54, 1.807) is 19.2 Å². The van der Waals surface area contributed by atoms with E-state index >= 15 is 0 Å². The summed E-state index contributed by atoms with van der Waals surface area (Å²) in [5.41, 5.74) is 1.73. The Morgan fingerprint density at radius 1 is 0.860 bits per heavy atom. The summed E-state index contributed by atoms with van der Waals surface area (Å²) >= 11 is 0. The lowest BCUT2D eigenvalue weighted by Gasteiger charge is -2.16. The minimum atomic E-state index is -0.529. The van der Waals surface area contributed by atoms with E-state index in [1.807, 2.05) is 30.3 Å². The zero-order chi connectivity index (χ0) is 30.2. The highest BCUT2D eigenvalue weighted by Gasteiger charge is 2.24. The lowest BCUT2D eigenvalue weighted by molar-refractivity contribution is -0.116. The number of benzene rings is 3. The Balaban J connectivity index is 1.24. The Hall–Kier alpha value is -5.55. The lowest BCUT2D eigenvalue weighted by atomic mass is 10.1. The first-order chi connectivity index (χ1) is 20.9. The molecule has 0 amide bonds. The molecule has 1 heterocycles. The van der Waals surface area contributed by atoms with Crippen molar-refractivity contribution in [3.05, 3.63) is 108 Å². The second-order valence-electron chi connectivity index (χ2n) is 9.19. The average Bonchev–Trinajstić information content (AvgIpc) is 3.03. The first-order valence-electron chi connectivity index (χ1n) is 13.2. The molecule has 1 aliphatic rings. The molecule has 11 heteroatoms. The van der Waals surface area contributed by atoms with Crippen molar-refractivity contribution in [3.8, 4) is 17.2 Å². The summed E-state index contributed by atoms with van der Waals surface area (Å²) in [6, 6.07) is 18.8. The molecular formula is C32H27N3O8. The molecule has 4 aromatic rings. The van der Waals surface area contributed by atoms with Gasteiger partial charge in [-0.2, -0.15) is 0 Å². The zero-order valence-electron chi connectivity index (χ0n) is 23.4. The molecule has 5 rings (SSSR count). The van der Waals surface area contributed by atoms with Crippen molar-refractivity contribution >= 4 is 34.3 Å². The number of anilines is 1. The number of ether oxygens (including phenoxy) is 5. The molecule has 218 valence electrons. The third kappa shape index (κ3) is 7.03. The largest absolute Gasteiger partial charge is 0.493 e. The Bertz CT molecular complexity index is 1720. The quantitative estimate of drug-likeness (QED) is 0.145. The van der Waals surface area contributed by atoms with E-state index in [-0.39, 0.29) is 23.8 Å². The molecule has 0 bridgehead atoms. The predicted molar refractivity (Wildman–Crippen MR) is 156 cm³/mol. The number of fused-ring (bicyclic) bond motifs is 1. The van der Waals surface area contributed by atoms with Crippen molar-refractivity contribution in [2.75, 3.05) is 32.8 Å². The zero-order valence-corrected chi connectivity index (χ0v) is 23.4. The van der Waals surface area contributed by atoms with E-state index in [0.717, 1.165) is 17.7 Å². The number of hydrogen-bond acceptors (Lipinski definition) is 11. The normalized spacial score (nSPS) is 12.8. The van der Waals surface area contributed by atoms with E-state index < -0.39 is 17.5 Å². The number of esters is 1. The summed E-state index contributed by atoms with van der Waals surface area (Å²) in [5, 5.41) is 3.48. The Morgan fingerprint density at radius 2 is 1.65 bits per heavy atom. The maximum Gasteiger partial charge on any atom is 0.338 e. The van der Waals surface area contributed by atoms with Gasteiger partial charge < -0.3 is 29.0 Å². The molecule has 1 N–H and O–H groups in total. The number of nitrogens with one attached hydrogen (secondary N) is 1. The smallest absolute Gasteiger partial charge is 0.338 e. The van der Waals surface area contributed by atoms with Gasteiger partial charge in [0.2, 0.25) is 11.6 Å². The molecule has 11 nitrogen and oxygen atoms in total. The van der Waals surface area contributed by atoms with Crippen molar-refractivity contribution in [2.24, 2.45) is 0 Å². The van der Waals surface area contributed by atoms with Gasteiger partial charge in [0.05, 0.1) is 30.5 Å². The van der Waals surface area contributed by atoms with Gasteiger partial charge in [0.15, 0.2) is 17.3 Å². The van der Waals surface area contributed by atoms with Gasteiger partial charge in [-0.1, -0.05) is 30.3 Å². The summed E-state index contributed by atoms with van der Waals surface area (Å²) in [4.78, 5) is 46.7. The fraction of sp³-hybridized carbons (Fsp3) is 0.156. The number of methoxy groups -OCH3 is 2. The molecule has 1 aromatic heterocycles. The SMILES string of the molecule is COCCOc1cc2ncnc(NC3=CC(=O)C(Oc4ccc(C(=O)OCc5ccccc5)cc4)=CC3=O)c2cc1OC. The van der Waals surface area contributed by atoms with E-state index in [9.17, 15) is 14.4 Å². The monoisotopic (exact) mass is 581 g/mol. The first kappa shape index (κ1) is 29.0. The fourth-order valence-electron chi connectivity index (χ4n) is 4.11. The standard InChI is InChI=1S/C32H27N3O8/c1-39-12-13-41-30-16-24-23(14-29(30)40-2)31(34-19-33-24)35-25-15-27(37)28(17-26(25)36)43-22-10-8-21(9-11-22)32(38)42-18-20-6-4-3-5-7-20/h3-11,14-17,19H,12-13,18H2,1-2H3,(H,33,34,35). The van der Waals surface area contributed by atoms with Crippen LogP contribution in [0.1, 0.15) is 15.9 Å². The summed E-state index contributed by atoms with van der Waals surface area (Å²) in [6.07, 6.45) is 3.57. The van der Waals surface area contributed by atoms with Crippen molar-refractivity contribution in [3.63, 3.8) is 0 Å². The van der Waals surface area contributed by atoms with Crippen LogP contribution >= 0.6 is 0 Å². The van der Waals surface area contributed by atoms with Gasteiger partial charge in [0.1, 0.15) is 31.1 Å². The minimum Gasteiger partial charge on any atom is -0.493 e. The molecule has 1 aliphatic carbocycles. The summed E-state index contributed by atoms with van der Waals surface area (Å²) in [7, 11) is 3.08. The van der Waals surface area contributed by atoms with E-state index in [2.05, 4.69) is 15.3 Å². The van der Waals surface area contributed by atoms with Crippen LogP contribution in [0.5, 0.6) is 17.2 Å². The van der Waals surface area contributed by atoms with Crippen LogP contribution in [0, 0.1) is 0 Å². The first-order valence-corrected chi connectivity index (χ1v) is 13.2. The Kier molecular flexibility index (Phi) is 9.03. The maximum atomic E-state index is 12.9. The van der Waals surface area contributed by atoms with Crippen LogP contribution < -0.4 is 19.5 Å². The van der Waals surface area contributed by atoms with Crippen LogP contribution in [0.25, 0.3) is 10.9 Å². The molecule has 0 fully saturated rings. The maximum absolute atomic E-state index is 12.9. The molecular weight excluding hydrogens is 554 g/mol. The summed E-state index contributed by atoms with van der Waals surface area (Å²) in [5.74, 6) is -0.203. The van der Waals surface area contributed by atoms with E-state index in [0.29, 0.717) is 47.0 Å². The number of rotatable bonds is 12. The number of ketones is 2. The Labute approximate surface area is 246 Å². The molecule has 0 spiro atoms. The van der Waals surface area contributed by atoms with Crippen molar-refractivity contribution in [1.29, 1.82) is 0 Å². The second kappa shape index (κ2) is 13.4. The van der Waals surface area contributed by atoms with Crippen molar-refractivity contribution in [2.45, 2.75) is 6.61 Å². The predicted octanol–water partition coefficient (Wildman–Crippen LogP) is 4.43. The van der Waals surface area contributed by atoms with Crippen LogP contribution in [-0.4, -0.2) is 54.9 Å². The van der Waals surface area contributed by atoms with E-state index in [1.165, 1.54) is 37.7 Å². The summed E-state index contributed by atoms with van der Waals surface area (Å²) < 4.78 is 27.2. The van der Waals surface area contributed by atoms with Crippen molar-refractivity contribution < 1.29 is 38.1 Å². The van der Waals surface area contributed by atoms with Gasteiger partial charge in [-0.3, -0.25) is 9.59 Å². The fourth-order valence-corrected chi connectivity index (χ4v) is 4.11. The lowest BCUT2D eigenvalue weighted by Crippen LogP contribution is -2.21. The molecule has 43 heavy (non-hydrogen) atoms. The highest BCUT2D eigenvalue weighted by molar-refractivity contribution is 6.20. The van der Waals surface area contributed by atoms with Gasteiger partial charge in [0, 0.05) is 30.7 Å². The van der Waals surface area contributed by atoms with Gasteiger partial charge in [0.25, 0.3) is 0 Å². The highest BCUT2D eigenvalue weighted by Crippen LogP contribution is 2.34. The topological polar surface area (TPSA) is 135 Å². The van der Waals surface area contributed by atoms with Crippen LogP contribution in [0.4, 0.5) is 5.82 Å². The van der Waals surface area contributed by atoms with Gasteiger partial charge in [-0.15, -0.1) is 0 Å². The van der Waals surface area contributed by atoms with Gasteiger partial charge in [-0.05, 0) is 35.9 Å². The molecule has 0 aliphatic heterocycles. The van der Waals surface area contributed by atoms with Gasteiger partial charge >= 0.3 is 5.97 Å². The number of nitrogens with zero attached hydrogens (tertiary/aromatic N) is 2. The third-order valence-electron chi connectivity index (χ3n) is 6.30. The van der Waals surface area contributed by atoms with Gasteiger partial charge in [-0.25, -0.2) is 14.8 Å². The van der Waals surface area contributed by atoms with Crippen molar-refractivity contribution in [1.82, 2.24) is 9.97 Å². The average molecular weight is 582 g/mol. The summed E-state index contributed by atoms with van der Waals surface area (Å²) in [6.45, 7) is 0.865. The molecule has 0 radical (unpaired) electrons. The minimum absolute atomic E-state index is 0.00764. The molecule has 0 saturated carbocycles. The number of aromatic nitrogens is 2. The van der Waals surface area contributed by atoms with Crippen LogP contribution in [0.15, 0.2) is 96.7 Å². The molecule has 3 aromatic carbocycles. The Morgan fingerprint density at radius 3 is 2.40 bits per heavy atom. The second-order valence-corrected chi connectivity index (χ2v) is 9.19. The number of hydrogen-bond donors (Lipinski definition) is 1. The van der Waals surface area contributed by atoms with Crippen LogP contribution in [-0.2, 0) is 25.7 Å². The molecule has 0 saturated heterocycles.